The summed E-state index contributed by atoms with van der Waals surface area (Å²) in [5.74, 6) is 0. The Morgan fingerprint density at radius 3 is 2.40 bits per heavy atom. The molecule has 0 radical (unpaired) electrons. The topological polar surface area (TPSA) is 24.9 Å². The molecule has 5 heteroatoms. The highest BCUT2D eigenvalue weighted by molar-refractivity contribution is 9.11. The minimum Gasteiger partial charge on any atom is -0.330 e. The Hall–Kier alpha value is -0.910. The lowest BCUT2D eigenvalue weighted by Gasteiger charge is -2.09. The van der Waals surface area contributed by atoms with E-state index in [1.54, 1.807) is 11.3 Å². The molecule has 2 aromatic carbocycles. The average Bonchev–Trinajstić information content (AvgIpc) is 2.75. The molecule has 2 nitrogen and oxygen atoms in total. The Morgan fingerprint density at radius 2 is 1.70 bits per heavy atom. The van der Waals surface area contributed by atoms with Crippen LogP contribution < -0.4 is 5.32 Å². The zero-order chi connectivity index (χ0) is 14.3. The standard InChI is InChI=1S/C15H12Br2N2S/c1-8-3-4-12-13(7-8)20-15(18-12)19-14-10(16)5-9(2)6-11(14)17/h3-7H,1-2H3,(H,18,19). The molecule has 0 aliphatic heterocycles. The van der Waals surface area contributed by atoms with Gasteiger partial charge in [0.1, 0.15) is 0 Å². The van der Waals surface area contributed by atoms with Crippen LogP contribution >= 0.6 is 43.2 Å². The SMILES string of the molecule is Cc1cc(Br)c(Nc2nc3ccc(C)cc3s2)c(Br)c1. The highest BCUT2D eigenvalue weighted by Gasteiger charge is 2.10. The van der Waals surface area contributed by atoms with Gasteiger partial charge in [0, 0.05) is 8.95 Å². The van der Waals surface area contributed by atoms with Crippen LogP contribution in [0, 0.1) is 13.8 Å². The molecule has 1 aromatic heterocycles. The van der Waals surface area contributed by atoms with Gasteiger partial charge in [-0.1, -0.05) is 17.4 Å². The maximum absolute atomic E-state index is 4.62. The number of benzene rings is 2. The van der Waals surface area contributed by atoms with Crippen LogP contribution in [0.3, 0.4) is 0 Å². The maximum Gasteiger partial charge on any atom is 0.188 e. The Kier molecular flexibility index (Phi) is 3.84. The van der Waals surface area contributed by atoms with Crippen LogP contribution in [-0.4, -0.2) is 4.98 Å². The molecular formula is C15H12Br2N2S. The highest BCUT2D eigenvalue weighted by atomic mass is 79.9. The molecule has 1 N–H and O–H groups in total. The van der Waals surface area contributed by atoms with E-state index in [4.69, 9.17) is 0 Å². The summed E-state index contributed by atoms with van der Waals surface area (Å²) in [5.41, 5.74) is 4.49. The van der Waals surface area contributed by atoms with Gasteiger partial charge >= 0.3 is 0 Å². The molecule has 20 heavy (non-hydrogen) atoms. The van der Waals surface area contributed by atoms with E-state index >= 15 is 0 Å². The smallest absolute Gasteiger partial charge is 0.188 e. The molecule has 1 heterocycles. The van der Waals surface area contributed by atoms with Gasteiger partial charge in [0.15, 0.2) is 5.13 Å². The Bertz CT molecular complexity index is 773. The van der Waals surface area contributed by atoms with Crippen molar-refractivity contribution in [2.75, 3.05) is 5.32 Å². The van der Waals surface area contributed by atoms with Gasteiger partial charge < -0.3 is 5.32 Å². The number of aromatic nitrogens is 1. The fraction of sp³-hybridized carbons (Fsp3) is 0.133. The van der Waals surface area contributed by atoms with Crippen molar-refractivity contribution in [2.45, 2.75) is 13.8 Å². The molecule has 0 aliphatic carbocycles. The molecule has 3 rings (SSSR count). The lowest BCUT2D eigenvalue weighted by atomic mass is 10.2. The number of hydrogen-bond donors (Lipinski definition) is 1. The summed E-state index contributed by atoms with van der Waals surface area (Å²) in [7, 11) is 0. The zero-order valence-corrected chi connectivity index (χ0v) is 15.0. The lowest BCUT2D eigenvalue weighted by molar-refractivity contribution is 1.38. The van der Waals surface area contributed by atoms with Gasteiger partial charge in [-0.05, 0) is 81.1 Å². The number of fused-ring (bicyclic) bond motifs is 1. The van der Waals surface area contributed by atoms with Crippen LogP contribution in [0.15, 0.2) is 39.3 Å². The second-order valence-electron chi connectivity index (χ2n) is 4.72. The van der Waals surface area contributed by atoms with Gasteiger partial charge in [-0.2, -0.15) is 0 Å². The van der Waals surface area contributed by atoms with Crippen molar-refractivity contribution in [1.29, 1.82) is 0 Å². The third kappa shape index (κ3) is 2.75. The zero-order valence-electron chi connectivity index (χ0n) is 11.0. The van der Waals surface area contributed by atoms with Crippen molar-refractivity contribution >= 4 is 64.2 Å². The predicted octanol–water partition coefficient (Wildman–Crippen LogP) is 6.18. The molecule has 0 aliphatic rings. The summed E-state index contributed by atoms with van der Waals surface area (Å²) in [5, 5.41) is 4.29. The predicted molar refractivity (Wildman–Crippen MR) is 94.2 cm³/mol. The van der Waals surface area contributed by atoms with E-state index in [-0.39, 0.29) is 0 Å². The van der Waals surface area contributed by atoms with E-state index in [2.05, 4.69) is 86.3 Å². The van der Waals surface area contributed by atoms with Crippen LogP contribution in [0.25, 0.3) is 10.2 Å². The first-order valence-corrected chi connectivity index (χ1v) is 8.53. The summed E-state index contributed by atoms with van der Waals surface area (Å²) >= 11 is 8.85. The third-order valence-electron chi connectivity index (χ3n) is 2.96. The van der Waals surface area contributed by atoms with Crippen LogP contribution in [0.2, 0.25) is 0 Å². The van der Waals surface area contributed by atoms with Crippen LogP contribution in [-0.2, 0) is 0 Å². The molecule has 0 saturated carbocycles. The van der Waals surface area contributed by atoms with E-state index in [0.29, 0.717) is 0 Å². The van der Waals surface area contributed by atoms with Crippen LogP contribution in [0.1, 0.15) is 11.1 Å². The second kappa shape index (κ2) is 5.47. The van der Waals surface area contributed by atoms with Crippen molar-refractivity contribution in [3.63, 3.8) is 0 Å². The normalized spacial score (nSPS) is 11.0. The largest absolute Gasteiger partial charge is 0.330 e. The number of hydrogen-bond acceptors (Lipinski definition) is 3. The van der Waals surface area contributed by atoms with Crippen molar-refractivity contribution in [2.24, 2.45) is 0 Å². The Morgan fingerprint density at radius 1 is 1.00 bits per heavy atom. The van der Waals surface area contributed by atoms with E-state index in [1.165, 1.54) is 15.8 Å². The van der Waals surface area contributed by atoms with E-state index in [9.17, 15) is 0 Å². The van der Waals surface area contributed by atoms with Gasteiger partial charge in [-0.3, -0.25) is 0 Å². The second-order valence-corrected chi connectivity index (χ2v) is 7.46. The summed E-state index contributed by atoms with van der Waals surface area (Å²) in [6.07, 6.45) is 0. The molecule has 0 amide bonds. The summed E-state index contributed by atoms with van der Waals surface area (Å²) < 4.78 is 3.26. The number of anilines is 2. The van der Waals surface area contributed by atoms with Crippen molar-refractivity contribution in [3.05, 3.63) is 50.4 Å². The molecule has 0 bridgehead atoms. The van der Waals surface area contributed by atoms with Crippen LogP contribution in [0.5, 0.6) is 0 Å². The lowest BCUT2D eigenvalue weighted by Crippen LogP contribution is -1.92. The number of aryl methyl sites for hydroxylation is 2. The van der Waals surface area contributed by atoms with Crippen molar-refractivity contribution < 1.29 is 0 Å². The van der Waals surface area contributed by atoms with Gasteiger partial charge in [-0.15, -0.1) is 0 Å². The first-order chi connectivity index (χ1) is 9.52. The molecule has 0 fully saturated rings. The molecule has 0 spiro atoms. The molecule has 0 unspecified atom stereocenters. The van der Waals surface area contributed by atoms with E-state index in [1.807, 2.05) is 0 Å². The number of thiazole rings is 1. The number of nitrogens with one attached hydrogen (secondary N) is 1. The minimum atomic E-state index is 0.899. The number of nitrogens with zero attached hydrogens (tertiary/aromatic N) is 1. The minimum absolute atomic E-state index is 0.899. The number of halogens is 2. The maximum atomic E-state index is 4.62. The Balaban J connectivity index is 2.01. The molecule has 102 valence electrons. The summed E-state index contributed by atoms with van der Waals surface area (Å²) in [6.45, 7) is 4.17. The van der Waals surface area contributed by atoms with Gasteiger partial charge in [0.05, 0.1) is 15.9 Å². The van der Waals surface area contributed by atoms with Gasteiger partial charge in [-0.25, -0.2) is 4.98 Å². The van der Waals surface area contributed by atoms with Gasteiger partial charge in [0.2, 0.25) is 0 Å². The molecule has 0 saturated heterocycles. The summed E-state index contributed by atoms with van der Waals surface area (Å²) in [4.78, 5) is 4.62. The highest BCUT2D eigenvalue weighted by Crippen LogP contribution is 2.36. The van der Waals surface area contributed by atoms with E-state index < -0.39 is 0 Å². The van der Waals surface area contributed by atoms with Crippen molar-refractivity contribution in [1.82, 2.24) is 4.98 Å². The molecular weight excluding hydrogens is 400 g/mol. The first kappa shape index (κ1) is 14.0. The third-order valence-corrected chi connectivity index (χ3v) is 5.15. The fourth-order valence-electron chi connectivity index (χ4n) is 2.01. The first-order valence-electron chi connectivity index (χ1n) is 6.13. The monoisotopic (exact) mass is 410 g/mol. The Labute approximate surface area is 138 Å². The number of rotatable bonds is 2. The quantitative estimate of drug-likeness (QED) is 0.544. The molecule has 0 atom stereocenters. The van der Waals surface area contributed by atoms with Crippen LogP contribution in [0.4, 0.5) is 10.8 Å². The summed E-state index contributed by atoms with van der Waals surface area (Å²) in [6, 6.07) is 10.5. The van der Waals surface area contributed by atoms with Gasteiger partial charge in [0.25, 0.3) is 0 Å². The average molecular weight is 412 g/mol. The van der Waals surface area contributed by atoms with Crippen molar-refractivity contribution in [3.8, 4) is 0 Å². The fourth-order valence-corrected chi connectivity index (χ4v) is 4.59. The van der Waals surface area contributed by atoms with E-state index in [0.717, 1.165) is 25.3 Å². The molecule has 3 aromatic rings.